The zero-order chi connectivity index (χ0) is 13.9. The molecule has 0 aliphatic heterocycles. The molecular weight excluding hydrogens is 262 g/mol. The average Bonchev–Trinajstić information content (AvgIpc) is 2.42. The SMILES string of the molecule is COCCOCCCCNc1ccnc(C(N)=S)c1. The van der Waals surface area contributed by atoms with Crippen LogP contribution in [0.3, 0.4) is 0 Å². The lowest BCUT2D eigenvalue weighted by Crippen LogP contribution is -2.12. The van der Waals surface area contributed by atoms with Crippen LogP contribution >= 0.6 is 12.2 Å². The number of pyridine rings is 1. The predicted molar refractivity (Wildman–Crippen MR) is 80.5 cm³/mol. The summed E-state index contributed by atoms with van der Waals surface area (Å²) in [6.45, 7) is 2.95. The van der Waals surface area contributed by atoms with E-state index in [1.807, 2.05) is 12.1 Å². The molecule has 1 rings (SSSR count). The molecule has 0 aliphatic rings. The number of nitrogens with one attached hydrogen (secondary N) is 1. The fraction of sp³-hybridized carbons (Fsp3) is 0.538. The third-order valence-electron chi connectivity index (χ3n) is 2.49. The first-order chi connectivity index (χ1) is 9.24. The van der Waals surface area contributed by atoms with Crippen molar-refractivity contribution in [2.75, 3.05) is 38.8 Å². The number of unbranched alkanes of at least 4 members (excludes halogenated alkanes) is 1. The van der Waals surface area contributed by atoms with Crippen molar-refractivity contribution in [3.05, 3.63) is 24.0 Å². The van der Waals surface area contributed by atoms with E-state index in [-0.39, 0.29) is 0 Å². The molecular formula is C13H21N3O2S. The van der Waals surface area contributed by atoms with Crippen molar-refractivity contribution in [2.45, 2.75) is 12.8 Å². The molecule has 0 unspecified atom stereocenters. The summed E-state index contributed by atoms with van der Waals surface area (Å²) in [6, 6.07) is 3.76. The Kier molecular flexibility index (Phi) is 8.04. The van der Waals surface area contributed by atoms with E-state index >= 15 is 0 Å². The molecule has 0 aliphatic carbocycles. The van der Waals surface area contributed by atoms with Gasteiger partial charge in [-0.2, -0.15) is 0 Å². The Labute approximate surface area is 119 Å². The summed E-state index contributed by atoms with van der Waals surface area (Å²) in [5.41, 5.74) is 7.16. The molecule has 0 fully saturated rings. The number of thiocarbonyl (C=S) groups is 1. The fourth-order valence-electron chi connectivity index (χ4n) is 1.48. The number of nitrogens with two attached hydrogens (primary N) is 1. The smallest absolute Gasteiger partial charge is 0.122 e. The van der Waals surface area contributed by atoms with E-state index in [1.54, 1.807) is 13.3 Å². The third kappa shape index (κ3) is 7.05. The summed E-state index contributed by atoms with van der Waals surface area (Å²) in [7, 11) is 1.67. The largest absolute Gasteiger partial charge is 0.388 e. The maximum atomic E-state index is 5.53. The van der Waals surface area contributed by atoms with Crippen molar-refractivity contribution in [2.24, 2.45) is 5.73 Å². The van der Waals surface area contributed by atoms with Crippen LogP contribution in [0.1, 0.15) is 18.5 Å². The van der Waals surface area contributed by atoms with Crippen LogP contribution < -0.4 is 11.1 Å². The molecule has 19 heavy (non-hydrogen) atoms. The normalized spacial score (nSPS) is 10.4. The van der Waals surface area contributed by atoms with E-state index in [1.165, 1.54) is 0 Å². The first kappa shape index (κ1) is 15.8. The Balaban J connectivity index is 2.12. The van der Waals surface area contributed by atoms with Crippen LogP contribution in [0.15, 0.2) is 18.3 Å². The van der Waals surface area contributed by atoms with Gasteiger partial charge in [-0.1, -0.05) is 12.2 Å². The third-order valence-corrected chi connectivity index (χ3v) is 2.70. The number of nitrogens with zero attached hydrogens (tertiary/aromatic N) is 1. The molecule has 0 spiro atoms. The summed E-state index contributed by atoms with van der Waals surface area (Å²) in [4.78, 5) is 4.40. The van der Waals surface area contributed by atoms with Gasteiger partial charge in [0, 0.05) is 32.1 Å². The standard InChI is InChI=1S/C13H21N3O2S/c1-17-8-9-18-7-3-2-5-15-11-4-6-16-12(10-11)13(14)19/h4,6,10H,2-3,5,7-9H2,1H3,(H2,14,19)(H,15,16). The summed E-state index contributed by atoms with van der Waals surface area (Å²) >= 11 is 4.89. The second-order valence-electron chi connectivity index (χ2n) is 4.03. The highest BCUT2D eigenvalue weighted by Gasteiger charge is 1.99. The van der Waals surface area contributed by atoms with Crippen molar-refractivity contribution >= 4 is 22.9 Å². The van der Waals surface area contributed by atoms with Crippen molar-refractivity contribution in [1.82, 2.24) is 4.98 Å². The van der Waals surface area contributed by atoms with Crippen LogP contribution in [0.4, 0.5) is 5.69 Å². The minimum Gasteiger partial charge on any atom is -0.388 e. The highest BCUT2D eigenvalue weighted by Crippen LogP contribution is 2.08. The van der Waals surface area contributed by atoms with E-state index in [0.717, 1.165) is 31.7 Å². The summed E-state index contributed by atoms with van der Waals surface area (Å²) in [6.07, 6.45) is 3.76. The molecule has 0 saturated carbocycles. The Hall–Kier alpha value is -1.24. The molecule has 1 aromatic heterocycles. The minimum atomic E-state index is 0.315. The zero-order valence-corrected chi connectivity index (χ0v) is 12.0. The van der Waals surface area contributed by atoms with E-state index in [9.17, 15) is 0 Å². The molecule has 0 amide bonds. The number of rotatable bonds is 10. The van der Waals surface area contributed by atoms with Gasteiger partial charge in [0.2, 0.25) is 0 Å². The number of methoxy groups -OCH3 is 1. The predicted octanol–water partition coefficient (Wildman–Crippen LogP) is 1.57. The van der Waals surface area contributed by atoms with Gasteiger partial charge in [0.25, 0.3) is 0 Å². The Morgan fingerprint density at radius 3 is 2.95 bits per heavy atom. The van der Waals surface area contributed by atoms with Crippen molar-refractivity contribution in [3.63, 3.8) is 0 Å². The molecule has 1 heterocycles. The first-order valence-corrected chi connectivity index (χ1v) is 6.71. The quantitative estimate of drug-likeness (QED) is 0.502. The average molecular weight is 283 g/mol. The molecule has 3 N–H and O–H groups in total. The number of ether oxygens (including phenoxy) is 2. The van der Waals surface area contributed by atoms with Gasteiger partial charge in [0.1, 0.15) is 4.99 Å². The minimum absolute atomic E-state index is 0.315. The van der Waals surface area contributed by atoms with Crippen molar-refractivity contribution < 1.29 is 9.47 Å². The van der Waals surface area contributed by atoms with Gasteiger partial charge >= 0.3 is 0 Å². The molecule has 0 saturated heterocycles. The molecule has 0 bridgehead atoms. The highest BCUT2D eigenvalue weighted by atomic mass is 32.1. The lowest BCUT2D eigenvalue weighted by Gasteiger charge is -2.07. The molecule has 106 valence electrons. The molecule has 0 atom stereocenters. The van der Waals surface area contributed by atoms with E-state index < -0.39 is 0 Å². The number of hydrogen-bond donors (Lipinski definition) is 2. The van der Waals surface area contributed by atoms with Crippen molar-refractivity contribution in [1.29, 1.82) is 0 Å². The van der Waals surface area contributed by atoms with Gasteiger partial charge in [0.05, 0.1) is 18.9 Å². The summed E-state index contributed by atoms with van der Waals surface area (Å²) in [5.74, 6) is 0. The van der Waals surface area contributed by atoms with E-state index in [4.69, 9.17) is 27.4 Å². The monoisotopic (exact) mass is 283 g/mol. The van der Waals surface area contributed by atoms with Crippen LogP contribution in [-0.2, 0) is 9.47 Å². The summed E-state index contributed by atoms with van der Waals surface area (Å²) < 4.78 is 10.3. The number of anilines is 1. The number of aromatic nitrogens is 1. The molecule has 1 aromatic rings. The van der Waals surface area contributed by atoms with Gasteiger partial charge in [-0.25, -0.2) is 0 Å². The van der Waals surface area contributed by atoms with Crippen LogP contribution in [0.5, 0.6) is 0 Å². The van der Waals surface area contributed by atoms with E-state index in [0.29, 0.717) is 23.9 Å². The van der Waals surface area contributed by atoms with Crippen LogP contribution in [0.2, 0.25) is 0 Å². The Morgan fingerprint density at radius 2 is 2.21 bits per heavy atom. The van der Waals surface area contributed by atoms with Gasteiger partial charge in [-0.3, -0.25) is 4.98 Å². The molecule has 5 nitrogen and oxygen atoms in total. The van der Waals surface area contributed by atoms with E-state index in [2.05, 4.69) is 10.3 Å². The Bertz CT molecular complexity index is 388. The van der Waals surface area contributed by atoms with Crippen LogP contribution in [0.25, 0.3) is 0 Å². The van der Waals surface area contributed by atoms with Crippen LogP contribution in [-0.4, -0.2) is 43.4 Å². The fourth-order valence-corrected chi connectivity index (χ4v) is 1.59. The van der Waals surface area contributed by atoms with Gasteiger partial charge < -0.3 is 20.5 Å². The maximum absolute atomic E-state index is 5.53. The van der Waals surface area contributed by atoms with Crippen LogP contribution in [0, 0.1) is 0 Å². The molecule has 0 aromatic carbocycles. The topological polar surface area (TPSA) is 69.4 Å². The van der Waals surface area contributed by atoms with Gasteiger partial charge in [0.15, 0.2) is 0 Å². The maximum Gasteiger partial charge on any atom is 0.122 e. The second kappa shape index (κ2) is 9.66. The first-order valence-electron chi connectivity index (χ1n) is 6.30. The van der Waals surface area contributed by atoms with Crippen molar-refractivity contribution in [3.8, 4) is 0 Å². The summed E-state index contributed by atoms with van der Waals surface area (Å²) in [5, 5.41) is 3.31. The zero-order valence-electron chi connectivity index (χ0n) is 11.2. The molecule has 6 heteroatoms. The Morgan fingerprint density at radius 1 is 1.37 bits per heavy atom. The lowest BCUT2D eigenvalue weighted by atomic mass is 10.3. The van der Waals surface area contributed by atoms with Gasteiger partial charge in [-0.15, -0.1) is 0 Å². The van der Waals surface area contributed by atoms with Gasteiger partial charge in [-0.05, 0) is 25.0 Å². The highest BCUT2D eigenvalue weighted by molar-refractivity contribution is 7.80. The lowest BCUT2D eigenvalue weighted by molar-refractivity contribution is 0.0691. The molecule has 0 radical (unpaired) electrons. The number of hydrogen-bond acceptors (Lipinski definition) is 5. The second-order valence-corrected chi connectivity index (χ2v) is 4.47.